The quantitative estimate of drug-likeness (QED) is 0.888. The van der Waals surface area contributed by atoms with Crippen LogP contribution in [0.4, 0.5) is 4.39 Å². The van der Waals surface area contributed by atoms with Gasteiger partial charge in [0.1, 0.15) is 0 Å². The molecular formula is C18H26FN3O2. The fourth-order valence-corrected chi connectivity index (χ4v) is 4.06. The van der Waals surface area contributed by atoms with Crippen LogP contribution in [0.2, 0.25) is 0 Å². The van der Waals surface area contributed by atoms with Crippen molar-refractivity contribution in [3.63, 3.8) is 0 Å². The van der Waals surface area contributed by atoms with Crippen molar-refractivity contribution in [2.45, 2.75) is 31.8 Å². The van der Waals surface area contributed by atoms with E-state index in [9.17, 15) is 9.18 Å². The van der Waals surface area contributed by atoms with Crippen molar-refractivity contribution < 1.29 is 13.9 Å². The Morgan fingerprint density at radius 3 is 2.96 bits per heavy atom. The second kappa shape index (κ2) is 7.49. The van der Waals surface area contributed by atoms with E-state index in [1.807, 2.05) is 11.0 Å². The lowest BCUT2D eigenvalue weighted by Crippen LogP contribution is -2.56. The third-order valence-electron chi connectivity index (χ3n) is 5.22. The van der Waals surface area contributed by atoms with Crippen LogP contribution < -0.4 is 10.5 Å². The number of piperidine rings is 2. The van der Waals surface area contributed by atoms with Crippen LogP contribution in [0.15, 0.2) is 18.2 Å². The number of methoxy groups -OCH3 is 1. The SMILES string of the molecule is COc1cc(CN2CC[C@@H]3[C@@H](CCC(=O)N3CCN)C2)ccc1F. The van der Waals surface area contributed by atoms with Crippen molar-refractivity contribution in [1.82, 2.24) is 9.80 Å². The highest BCUT2D eigenvalue weighted by atomic mass is 19.1. The van der Waals surface area contributed by atoms with Gasteiger partial charge in [-0.15, -0.1) is 0 Å². The number of nitrogens with zero attached hydrogens (tertiary/aromatic N) is 2. The summed E-state index contributed by atoms with van der Waals surface area (Å²) < 4.78 is 18.6. The highest BCUT2D eigenvalue weighted by molar-refractivity contribution is 5.77. The van der Waals surface area contributed by atoms with Crippen LogP contribution >= 0.6 is 0 Å². The summed E-state index contributed by atoms with van der Waals surface area (Å²) in [6.45, 7) is 3.88. The molecule has 3 rings (SSSR count). The highest BCUT2D eigenvalue weighted by Crippen LogP contribution is 2.32. The smallest absolute Gasteiger partial charge is 0.222 e. The molecule has 2 N–H and O–H groups in total. The maximum Gasteiger partial charge on any atom is 0.222 e. The van der Waals surface area contributed by atoms with Gasteiger partial charge in [-0.1, -0.05) is 6.07 Å². The first-order valence-corrected chi connectivity index (χ1v) is 8.66. The van der Waals surface area contributed by atoms with Crippen molar-refractivity contribution in [2.24, 2.45) is 11.7 Å². The Balaban J connectivity index is 1.64. The van der Waals surface area contributed by atoms with Gasteiger partial charge in [0.05, 0.1) is 7.11 Å². The fourth-order valence-electron chi connectivity index (χ4n) is 4.06. The summed E-state index contributed by atoms with van der Waals surface area (Å²) in [6.07, 6.45) is 2.56. The lowest BCUT2D eigenvalue weighted by Gasteiger charge is -2.47. The molecule has 2 aliphatic heterocycles. The number of nitrogens with two attached hydrogens (primary N) is 1. The molecule has 0 spiro atoms. The van der Waals surface area contributed by atoms with Gasteiger partial charge in [0.2, 0.25) is 5.91 Å². The van der Waals surface area contributed by atoms with Crippen LogP contribution in [-0.2, 0) is 11.3 Å². The molecule has 0 aliphatic carbocycles. The van der Waals surface area contributed by atoms with Crippen LogP contribution in [-0.4, -0.2) is 55.0 Å². The minimum absolute atomic E-state index is 0.249. The van der Waals surface area contributed by atoms with Gasteiger partial charge in [-0.2, -0.15) is 0 Å². The van der Waals surface area contributed by atoms with Crippen molar-refractivity contribution >= 4 is 5.91 Å². The van der Waals surface area contributed by atoms with E-state index in [0.29, 0.717) is 37.2 Å². The van der Waals surface area contributed by atoms with E-state index in [2.05, 4.69) is 4.90 Å². The normalized spacial score (nSPS) is 24.8. The second-order valence-electron chi connectivity index (χ2n) is 6.73. The molecule has 5 nitrogen and oxygen atoms in total. The average Bonchev–Trinajstić information content (AvgIpc) is 2.59. The first-order chi connectivity index (χ1) is 11.6. The molecule has 2 aliphatic rings. The molecule has 0 radical (unpaired) electrons. The van der Waals surface area contributed by atoms with Crippen LogP contribution in [0.25, 0.3) is 0 Å². The summed E-state index contributed by atoms with van der Waals surface area (Å²) in [6, 6.07) is 5.37. The van der Waals surface area contributed by atoms with Gasteiger partial charge in [0, 0.05) is 45.2 Å². The zero-order chi connectivity index (χ0) is 17.1. The third-order valence-corrected chi connectivity index (χ3v) is 5.22. The first-order valence-electron chi connectivity index (χ1n) is 8.66. The Morgan fingerprint density at radius 1 is 1.38 bits per heavy atom. The minimum atomic E-state index is -0.330. The Morgan fingerprint density at radius 2 is 2.21 bits per heavy atom. The molecule has 1 amide bonds. The Kier molecular flexibility index (Phi) is 5.36. The molecule has 2 fully saturated rings. The summed E-state index contributed by atoms with van der Waals surface area (Å²) in [5.74, 6) is 0.715. The summed E-state index contributed by atoms with van der Waals surface area (Å²) in [5, 5.41) is 0. The van der Waals surface area contributed by atoms with Crippen LogP contribution in [0.5, 0.6) is 5.75 Å². The van der Waals surface area contributed by atoms with Gasteiger partial charge in [-0.25, -0.2) is 4.39 Å². The molecule has 0 bridgehead atoms. The number of carbonyl (C=O) groups excluding carboxylic acids is 1. The van der Waals surface area contributed by atoms with E-state index in [0.717, 1.165) is 38.0 Å². The van der Waals surface area contributed by atoms with Crippen molar-refractivity contribution in [1.29, 1.82) is 0 Å². The van der Waals surface area contributed by atoms with Crippen LogP contribution in [0.1, 0.15) is 24.8 Å². The fraction of sp³-hybridized carbons (Fsp3) is 0.611. The molecule has 2 saturated heterocycles. The largest absolute Gasteiger partial charge is 0.494 e. The number of rotatable bonds is 5. The number of hydrogen-bond acceptors (Lipinski definition) is 4. The maximum absolute atomic E-state index is 13.5. The van der Waals surface area contributed by atoms with E-state index in [4.69, 9.17) is 10.5 Å². The van der Waals surface area contributed by atoms with Crippen LogP contribution in [0, 0.1) is 11.7 Å². The average molecular weight is 335 g/mol. The zero-order valence-corrected chi connectivity index (χ0v) is 14.2. The standard InChI is InChI=1S/C18H26FN3O2/c1-24-17-10-13(2-4-15(17)19)11-21-8-6-16-14(12-21)3-5-18(23)22(16)9-7-20/h2,4,10,14,16H,3,5-9,11-12,20H2,1H3/t14-,16+/m0/s1. The number of halogens is 1. The van der Waals surface area contributed by atoms with E-state index in [1.54, 1.807) is 6.07 Å². The lowest BCUT2D eigenvalue weighted by atomic mass is 9.83. The molecule has 1 aromatic rings. The number of benzene rings is 1. The Bertz CT molecular complexity index is 596. The molecule has 0 aromatic heterocycles. The first kappa shape index (κ1) is 17.2. The number of ether oxygens (including phenoxy) is 1. The van der Waals surface area contributed by atoms with Crippen LogP contribution in [0.3, 0.4) is 0 Å². The molecule has 132 valence electrons. The summed E-state index contributed by atoms with van der Waals surface area (Å²) in [4.78, 5) is 16.5. The third kappa shape index (κ3) is 3.54. The zero-order valence-electron chi connectivity index (χ0n) is 14.2. The molecule has 2 heterocycles. The molecule has 24 heavy (non-hydrogen) atoms. The monoisotopic (exact) mass is 335 g/mol. The van der Waals surface area contributed by atoms with Gasteiger partial charge < -0.3 is 15.4 Å². The number of carbonyl (C=O) groups is 1. The van der Waals surface area contributed by atoms with Crippen molar-refractivity contribution in [2.75, 3.05) is 33.3 Å². The van der Waals surface area contributed by atoms with Gasteiger partial charge in [-0.3, -0.25) is 9.69 Å². The molecular weight excluding hydrogens is 309 g/mol. The molecule has 0 unspecified atom stereocenters. The Hall–Kier alpha value is -1.66. The topological polar surface area (TPSA) is 58.8 Å². The van der Waals surface area contributed by atoms with Gasteiger partial charge in [-0.05, 0) is 36.5 Å². The van der Waals surface area contributed by atoms with E-state index in [1.165, 1.54) is 13.2 Å². The predicted molar refractivity (Wildman–Crippen MR) is 90.1 cm³/mol. The number of fused-ring (bicyclic) bond motifs is 1. The second-order valence-corrected chi connectivity index (χ2v) is 6.73. The minimum Gasteiger partial charge on any atom is -0.494 e. The number of amides is 1. The van der Waals surface area contributed by atoms with Crippen molar-refractivity contribution in [3.8, 4) is 5.75 Å². The maximum atomic E-state index is 13.5. The molecule has 2 atom stereocenters. The van der Waals surface area contributed by atoms with Gasteiger partial charge in [0.15, 0.2) is 11.6 Å². The summed E-state index contributed by atoms with van der Waals surface area (Å²) >= 11 is 0. The Labute approximate surface area is 142 Å². The highest BCUT2D eigenvalue weighted by Gasteiger charge is 2.38. The van der Waals surface area contributed by atoms with E-state index >= 15 is 0 Å². The molecule has 6 heteroatoms. The summed E-state index contributed by atoms with van der Waals surface area (Å²) in [7, 11) is 1.48. The van der Waals surface area contributed by atoms with Gasteiger partial charge >= 0.3 is 0 Å². The number of likely N-dealkylation sites (tertiary alicyclic amines) is 2. The van der Waals surface area contributed by atoms with E-state index < -0.39 is 0 Å². The lowest BCUT2D eigenvalue weighted by molar-refractivity contribution is -0.141. The number of hydrogen-bond donors (Lipinski definition) is 1. The van der Waals surface area contributed by atoms with Gasteiger partial charge in [0.25, 0.3) is 0 Å². The summed E-state index contributed by atoms with van der Waals surface area (Å²) in [5.41, 5.74) is 6.72. The predicted octanol–water partition coefficient (Wildman–Crippen LogP) is 1.61. The molecule has 1 aromatic carbocycles. The van der Waals surface area contributed by atoms with E-state index in [-0.39, 0.29) is 11.7 Å². The van der Waals surface area contributed by atoms with Crippen molar-refractivity contribution in [3.05, 3.63) is 29.6 Å². The molecule has 0 saturated carbocycles.